The lowest BCUT2D eigenvalue weighted by Crippen LogP contribution is -2.35. The molecule has 0 radical (unpaired) electrons. The number of rotatable bonds is 3. The number of aliphatic hydroxyl groups excluding tert-OH is 1. The molecule has 1 heterocycles. The van der Waals surface area contributed by atoms with E-state index in [1.807, 2.05) is 0 Å². The molecule has 0 saturated heterocycles. The first-order valence-electron chi connectivity index (χ1n) is 6.62. The number of pyridine rings is 1. The molecule has 5 heteroatoms. The quantitative estimate of drug-likeness (QED) is 0.852. The van der Waals surface area contributed by atoms with Crippen LogP contribution in [-0.4, -0.2) is 40.6 Å². The average Bonchev–Trinajstić information content (AvgIpc) is 2.74. The maximum absolute atomic E-state index is 12.3. The fourth-order valence-corrected chi connectivity index (χ4v) is 2.68. The maximum atomic E-state index is 12.3. The Bertz CT molecular complexity index is 524. The SMILES string of the molecule is Cc1[nH]c(=O)ccc1C(=O)N(C)CC1CCCC1O. The van der Waals surface area contributed by atoms with Crippen molar-refractivity contribution in [3.63, 3.8) is 0 Å². The van der Waals surface area contributed by atoms with Crippen LogP contribution < -0.4 is 5.56 Å². The fraction of sp³-hybridized carbons (Fsp3) is 0.571. The molecule has 0 aromatic carbocycles. The van der Waals surface area contributed by atoms with Crippen molar-refractivity contribution in [3.05, 3.63) is 33.7 Å². The molecule has 19 heavy (non-hydrogen) atoms. The standard InChI is InChI=1S/C14H20N2O3/c1-9-11(6-7-13(18)15-9)14(19)16(2)8-10-4-3-5-12(10)17/h6-7,10,12,17H,3-5,8H2,1-2H3,(H,15,18). The van der Waals surface area contributed by atoms with Crippen LogP contribution in [0.5, 0.6) is 0 Å². The predicted molar refractivity (Wildman–Crippen MR) is 72.1 cm³/mol. The highest BCUT2D eigenvalue weighted by molar-refractivity contribution is 5.95. The number of aromatic amines is 1. The molecule has 1 aliphatic carbocycles. The number of amides is 1. The molecule has 5 nitrogen and oxygen atoms in total. The van der Waals surface area contributed by atoms with Crippen molar-refractivity contribution in [3.8, 4) is 0 Å². The monoisotopic (exact) mass is 264 g/mol. The third-order valence-electron chi connectivity index (χ3n) is 3.82. The smallest absolute Gasteiger partial charge is 0.255 e. The highest BCUT2D eigenvalue weighted by Gasteiger charge is 2.28. The van der Waals surface area contributed by atoms with E-state index in [1.165, 1.54) is 6.07 Å². The Morgan fingerprint density at radius 1 is 1.47 bits per heavy atom. The summed E-state index contributed by atoms with van der Waals surface area (Å²) < 4.78 is 0. The minimum Gasteiger partial charge on any atom is -0.393 e. The molecule has 0 aliphatic heterocycles. The lowest BCUT2D eigenvalue weighted by Gasteiger charge is -2.23. The van der Waals surface area contributed by atoms with Crippen molar-refractivity contribution in [2.45, 2.75) is 32.3 Å². The first kappa shape index (κ1) is 13.8. The van der Waals surface area contributed by atoms with E-state index in [9.17, 15) is 14.7 Å². The third-order valence-corrected chi connectivity index (χ3v) is 3.82. The number of hydrogen-bond acceptors (Lipinski definition) is 3. The van der Waals surface area contributed by atoms with Gasteiger partial charge in [0.1, 0.15) is 0 Å². The summed E-state index contributed by atoms with van der Waals surface area (Å²) in [7, 11) is 1.73. The van der Waals surface area contributed by atoms with Gasteiger partial charge in [-0.15, -0.1) is 0 Å². The normalized spacial score (nSPS) is 22.5. The largest absolute Gasteiger partial charge is 0.393 e. The number of nitrogens with zero attached hydrogens (tertiary/aromatic N) is 1. The minimum atomic E-state index is -0.299. The van der Waals surface area contributed by atoms with Gasteiger partial charge in [-0.05, 0) is 25.8 Å². The summed E-state index contributed by atoms with van der Waals surface area (Å²) in [5.74, 6) is 0.0462. The Labute approximate surface area is 112 Å². The zero-order chi connectivity index (χ0) is 14.0. The molecule has 1 saturated carbocycles. The number of carbonyl (C=O) groups excluding carboxylic acids is 1. The van der Waals surface area contributed by atoms with Crippen LogP contribution >= 0.6 is 0 Å². The summed E-state index contributed by atoms with van der Waals surface area (Å²) in [5, 5.41) is 9.80. The van der Waals surface area contributed by atoms with E-state index >= 15 is 0 Å². The van der Waals surface area contributed by atoms with Crippen LogP contribution in [0.15, 0.2) is 16.9 Å². The Kier molecular flexibility index (Phi) is 4.04. The molecule has 2 atom stereocenters. The molecule has 1 aliphatic rings. The van der Waals surface area contributed by atoms with Crippen molar-refractivity contribution in [1.82, 2.24) is 9.88 Å². The van der Waals surface area contributed by atoms with Gasteiger partial charge in [-0.1, -0.05) is 6.42 Å². The number of hydrogen-bond donors (Lipinski definition) is 2. The predicted octanol–water partition coefficient (Wildman–Crippen LogP) is 0.916. The summed E-state index contributed by atoms with van der Waals surface area (Å²) in [6.45, 7) is 2.27. The van der Waals surface area contributed by atoms with Crippen LogP contribution in [0.25, 0.3) is 0 Å². The highest BCUT2D eigenvalue weighted by Crippen LogP contribution is 2.26. The molecule has 1 amide bonds. The number of H-pyrrole nitrogens is 1. The van der Waals surface area contributed by atoms with Crippen molar-refractivity contribution >= 4 is 5.91 Å². The van der Waals surface area contributed by atoms with Crippen LogP contribution in [0.4, 0.5) is 0 Å². The van der Waals surface area contributed by atoms with Crippen LogP contribution in [0.2, 0.25) is 0 Å². The molecular weight excluding hydrogens is 244 g/mol. The van der Waals surface area contributed by atoms with Gasteiger partial charge in [0.05, 0.1) is 11.7 Å². The molecule has 2 unspecified atom stereocenters. The molecule has 1 aromatic heterocycles. The Balaban J connectivity index is 2.08. The molecule has 0 bridgehead atoms. The molecule has 2 N–H and O–H groups in total. The summed E-state index contributed by atoms with van der Waals surface area (Å²) in [6.07, 6.45) is 2.51. The maximum Gasteiger partial charge on any atom is 0.255 e. The Hall–Kier alpha value is -1.62. The van der Waals surface area contributed by atoms with Crippen LogP contribution in [-0.2, 0) is 0 Å². The van der Waals surface area contributed by atoms with Gasteiger partial charge in [0, 0.05) is 31.3 Å². The summed E-state index contributed by atoms with van der Waals surface area (Å²) >= 11 is 0. The van der Waals surface area contributed by atoms with Crippen molar-refractivity contribution in [1.29, 1.82) is 0 Å². The molecule has 0 spiro atoms. The second-order valence-corrected chi connectivity index (χ2v) is 5.31. The minimum absolute atomic E-state index is 0.118. The van der Waals surface area contributed by atoms with E-state index in [2.05, 4.69) is 4.98 Å². The van der Waals surface area contributed by atoms with Crippen LogP contribution in [0.3, 0.4) is 0 Å². The number of aryl methyl sites for hydroxylation is 1. The molecule has 104 valence electrons. The highest BCUT2D eigenvalue weighted by atomic mass is 16.3. The van der Waals surface area contributed by atoms with E-state index in [0.717, 1.165) is 19.3 Å². The molecular formula is C14H20N2O3. The van der Waals surface area contributed by atoms with Gasteiger partial charge >= 0.3 is 0 Å². The second kappa shape index (κ2) is 5.57. The van der Waals surface area contributed by atoms with Gasteiger partial charge in [0.25, 0.3) is 5.91 Å². The van der Waals surface area contributed by atoms with Crippen LogP contribution in [0, 0.1) is 12.8 Å². The number of nitrogens with one attached hydrogen (secondary N) is 1. The van der Waals surface area contributed by atoms with E-state index < -0.39 is 0 Å². The average molecular weight is 264 g/mol. The van der Waals surface area contributed by atoms with Crippen molar-refractivity contribution in [2.24, 2.45) is 5.92 Å². The number of carbonyl (C=O) groups is 1. The zero-order valence-corrected chi connectivity index (χ0v) is 11.3. The first-order chi connectivity index (χ1) is 8.99. The van der Waals surface area contributed by atoms with E-state index in [0.29, 0.717) is 17.8 Å². The van der Waals surface area contributed by atoms with Gasteiger partial charge in [0.15, 0.2) is 0 Å². The molecule has 1 fully saturated rings. The lowest BCUT2D eigenvalue weighted by molar-refractivity contribution is 0.0692. The van der Waals surface area contributed by atoms with Gasteiger partial charge in [-0.3, -0.25) is 9.59 Å². The van der Waals surface area contributed by atoms with Crippen molar-refractivity contribution in [2.75, 3.05) is 13.6 Å². The first-order valence-corrected chi connectivity index (χ1v) is 6.62. The van der Waals surface area contributed by atoms with Crippen molar-refractivity contribution < 1.29 is 9.90 Å². The zero-order valence-electron chi connectivity index (χ0n) is 11.3. The van der Waals surface area contributed by atoms with E-state index in [-0.39, 0.29) is 23.5 Å². The molecule has 1 aromatic rings. The summed E-state index contributed by atoms with van der Waals surface area (Å²) in [5.41, 5.74) is 0.883. The second-order valence-electron chi connectivity index (χ2n) is 5.31. The third kappa shape index (κ3) is 3.04. The molecule has 2 rings (SSSR count). The van der Waals surface area contributed by atoms with E-state index in [1.54, 1.807) is 24.9 Å². The lowest BCUT2D eigenvalue weighted by atomic mass is 10.0. The number of aromatic nitrogens is 1. The topological polar surface area (TPSA) is 73.4 Å². The van der Waals surface area contributed by atoms with Gasteiger partial charge in [-0.25, -0.2) is 0 Å². The Morgan fingerprint density at radius 3 is 2.79 bits per heavy atom. The summed E-state index contributed by atoms with van der Waals surface area (Å²) in [6, 6.07) is 2.91. The van der Waals surface area contributed by atoms with Crippen LogP contribution in [0.1, 0.15) is 35.3 Å². The number of aliphatic hydroxyl groups is 1. The van der Waals surface area contributed by atoms with Gasteiger partial charge in [-0.2, -0.15) is 0 Å². The van der Waals surface area contributed by atoms with Gasteiger partial charge < -0.3 is 15.0 Å². The van der Waals surface area contributed by atoms with E-state index in [4.69, 9.17) is 0 Å². The van der Waals surface area contributed by atoms with Gasteiger partial charge in [0.2, 0.25) is 5.56 Å². The Morgan fingerprint density at radius 2 is 2.21 bits per heavy atom. The summed E-state index contributed by atoms with van der Waals surface area (Å²) in [4.78, 5) is 27.7. The fourth-order valence-electron chi connectivity index (χ4n) is 2.68.